The van der Waals surface area contributed by atoms with E-state index in [0.29, 0.717) is 23.6 Å². The predicted molar refractivity (Wildman–Crippen MR) is 84.5 cm³/mol. The van der Waals surface area contributed by atoms with Gasteiger partial charge >= 0.3 is 0 Å². The Kier molecular flexibility index (Phi) is 5.66. The maximum absolute atomic E-state index is 12.3. The summed E-state index contributed by atoms with van der Waals surface area (Å²) in [7, 11) is 3.11. The number of benzene rings is 1. The number of rotatable bonds is 6. The minimum Gasteiger partial charge on any atom is -0.493 e. The maximum atomic E-state index is 12.3. The number of hydrogen-bond acceptors (Lipinski definition) is 4. The molecule has 0 aromatic heterocycles. The van der Waals surface area contributed by atoms with Crippen molar-refractivity contribution in [1.82, 2.24) is 5.32 Å². The van der Waals surface area contributed by atoms with Gasteiger partial charge in [-0.2, -0.15) is 0 Å². The Morgan fingerprint density at radius 2 is 1.86 bits per heavy atom. The van der Waals surface area contributed by atoms with Crippen molar-refractivity contribution < 1.29 is 19.4 Å². The van der Waals surface area contributed by atoms with E-state index in [2.05, 4.69) is 5.32 Å². The first kappa shape index (κ1) is 16.6. The van der Waals surface area contributed by atoms with Crippen LogP contribution in [-0.2, 0) is 0 Å². The molecule has 1 aromatic rings. The highest BCUT2D eigenvalue weighted by molar-refractivity contribution is 5.94. The first-order valence-electron chi connectivity index (χ1n) is 7.75. The number of ether oxygens (including phenoxy) is 2. The van der Waals surface area contributed by atoms with Gasteiger partial charge in [-0.1, -0.05) is 19.3 Å². The first-order chi connectivity index (χ1) is 10.6. The third-order valence-corrected chi connectivity index (χ3v) is 4.52. The summed E-state index contributed by atoms with van der Waals surface area (Å²) in [5.41, 5.74) is 0.367. The molecule has 22 heavy (non-hydrogen) atoms. The number of amides is 1. The molecule has 0 aliphatic heterocycles. The standard InChI is InChI=1S/C17H25NO4/c1-21-14-7-6-13(10-15(14)22-2)16(20)18-11-17(12-19)8-4-3-5-9-17/h6-7,10,19H,3-5,8-9,11-12H2,1-2H3,(H,18,20). The van der Waals surface area contributed by atoms with E-state index in [1.54, 1.807) is 32.4 Å². The zero-order valence-electron chi connectivity index (χ0n) is 13.4. The Morgan fingerprint density at radius 3 is 2.45 bits per heavy atom. The molecule has 0 heterocycles. The van der Waals surface area contributed by atoms with Gasteiger partial charge in [0.15, 0.2) is 11.5 Å². The molecule has 122 valence electrons. The second-order valence-corrected chi connectivity index (χ2v) is 5.97. The molecule has 1 fully saturated rings. The number of hydrogen-bond donors (Lipinski definition) is 2. The lowest BCUT2D eigenvalue weighted by Crippen LogP contribution is -2.41. The van der Waals surface area contributed by atoms with Crippen molar-refractivity contribution in [3.63, 3.8) is 0 Å². The average molecular weight is 307 g/mol. The molecular formula is C17H25NO4. The molecule has 5 heteroatoms. The highest BCUT2D eigenvalue weighted by Crippen LogP contribution is 2.35. The molecule has 0 unspecified atom stereocenters. The van der Waals surface area contributed by atoms with Gasteiger partial charge in [-0.05, 0) is 31.0 Å². The second kappa shape index (κ2) is 7.49. The number of aliphatic hydroxyl groups excluding tert-OH is 1. The fourth-order valence-corrected chi connectivity index (χ4v) is 3.04. The van der Waals surface area contributed by atoms with Crippen molar-refractivity contribution in [1.29, 1.82) is 0 Å². The summed E-state index contributed by atoms with van der Waals surface area (Å²) >= 11 is 0. The zero-order valence-corrected chi connectivity index (χ0v) is 13.4. The van der Waals surface area contributed by atoms with Gasteiger partial charge in [0.05, 0.1) is 20.8 Å². The van der Waals surface area contributed by atoms with E-state index in [1.165, 1.54) is 6.42 Å². The van der Waals surface area contributed by atoms with E-state index >= 15 is 0 Å². The van der Waals surface area contributed by atoms with Gasteiger partial charge in [-0.15, -0.1) is 0 Å². The van der Waals surface area contributed by atoms with Gasteiger partial charge < -0.3 is 19.9 Å². The van der Waals surface area contributed by atoms with Gasteiger partial charge in [0, 0.05) is 17.5 Å². The molecule has 0 saturated heterocycles. The van der Waals surface area contributed by atoms with Crippen LogP contribution in [0.25, 0.3) is 0 Å². The maximum Gasteiger partial charge on any atom is 0.251 e. The minimum atomic E-state index is -0.162. The topological polar surface area (TPSA) is 67.8 Å². The van der Waals surface area contributed by atoms with Crippen LogP contribution in [0.1, 0.15) is 42.5 Å². The van der Waals surface area contributed by atoms with Crippen LogP contribution < -0.4 is 14.8 Å². The van der Waals surface area contributed by atoms with Crippen molar-refractivity contribution in [2.24, 2.45) is 5.41 Å². The van der Waals surface area contributed by atoms with Crippen molar-refractivity contribution in [2.45, 2.75) is 32.1 Å². The van der Waals surface area contributed by atoms with Crippen LogP contribution in [0.2, 0.25) is 0 Å². The summed E-state index contributed by atoms with van der Waals surface area (Å²) in [6.45, 7) is 0.635. The highest BCUT2D eigenvalue weighted by Gasteiger charge is 2.31. The minimum absolute atomic E-state index is 0.124. The molecule has 1 amide bonds. The fourth-order valence-electron chi connectivity index (χ4n) is 3.04. The van der Waals surface area contributed by atoms with Gasteiger partial charge in [-0.25, -0.2) is 0 Å². The van der Waals surface area contributed by atoms with Crippen molar-refractivity contribution in [3.05, 3.63) is 23.8 Å². The lowest BCUT2D eigenvalue weighted by atomic mass is 9.74. The molecule has 1 aliphatic carbocycles. The third-order valence-electron chi connectivity index (χ3n) is 4.52. The van der Waals surface area contributed by atoms with Crippen LogP contribution in [0.15, 0.2) is 18.2 Å². The lowest BCUT2D eigenvalue weighted by Gasteiger charge is -2.35. The summed E-state index contributed by atoms with van der Waals surface area (Å²) < 4.78 is 10.4. The average Bonchev–Trinajstić information content (AvgIpc) is 2.59. The largest absolute Gasteiger partial charge is 0.493 e. The molecule has 2 rings (SSSR count). The molecule has 0 spiro atoms. The van der Waals surface area contributed by atoms with Crippen LogP contribution in [0, 0.1) is 5.41 Å². The summed E-state index contributed by atoms with van der Waals surface area (Å²) in [6.07, 6.45) is 5.39. The fraction of sp³-hybridized carbons (Fsp3) is 0.588. The van der Waals surface area contributed by atoms with Gasteiger partial charge in [0.25, 0.3) is 5.91 Å². The first-order valence-corrected chi connectivity index (χ1v) is 7.75. The molecule has 0 atom stereocenters. The summed E-state index contributed by atoms with van der Waals surface area (Å²) in [6, 6.07) is 5.10. The van der Waals surface area contributed by atoms with E-state index in [-0.39, 0.29) is 17.9 Å². The van der Waals surface area contributed by atoms with Crippen LogP contribution >= 0.6 is 0 Å². The third kappa shape index (κ3) is 3.71. The highest BCUT2D eigenvalue weighted by atomic mass is 16.5. The molecule has 1 saturated carbocycles. The summed E-state index contributed by atoms with van der Waals surface area (Å²) in [5, 5.41) is 12.6. The SMILES string of the molecule is COc1ccc(C(=O)NCC2(CO)CCCCC2)cc1OC. The monoisotopic (exact) mass is 307 g/mol. The van der Waals surface area contributed by atoms with E-state index in [0.717, 1.165) is 25.7 Å². The van der Waals surface area contributed by atoms with Crippen LogP contribution in [0.3, 0.4) is 0 Å². The Bertz CT molecular complexity index is 509. The summed E-state index contributed by atoms with van der Waals surface area (Å²) in [5.74, 6) is 0.974. The van der Waals surface area contributed by atoms with Crippen LogP contribution in [0.5, 0.6) is 11.5 Å². The number of aliphatic hydroxyl groups is 1. The van der Waals surface area contributed by atoms with Gasteiger partial charge in [-0.3, -0.25) is 4.79 Å². The normalized spacial score (nSPS) is 16.9. The molecule has 1 aliphatic rings. The second-order valence-electron chi connectivity index (χ2n) is 5.97. The van der Waals surface area contributed by atoms with Gasteiger partial charge in [0.1, 0.15) is 0 Å². The number of nitrogens with one attached hydrogen (secondary N) is 1. The number of carbonyl (C=O) groups excluding carboxylic acids is 1. The Balaban J connectivity index is 2.02. The van der Waals surface area contributed by atoms with E-state index in [9.17, 15) is 9.90 Å². The van der Waals surface area contributed by atoms with Gasteiger partial charge in [0.2, 0.25) is 0 Å². The predicted octanol–water partition coefficient (Wildman–Crippen LogP) is 2.38. The van der Waals surface area contributed by atoms with E-state index in [1.807, 2.05) is 0 Å². The number of methoxy groups -OCH3 is 2. The van der Waals surface area contributed by atoms with E-state index < -0.39 is 0 Å². The molecule has 2 N–H and O–H groups in total. The molecule has 0 radical (unpaired) electrons. The van der Waals surface area contributed by atoms with Crippen molar-refractivity contribution in [3.8, 4) is 11.5 Å². The van der Waals surface area contributed by atoms with Crippen molar-refractivity contribution >= 4 is 5.91 Å². The smallest absolute Gasteiger partial charge is 0.251 e. The Labute approximate surface area is 131 Å². The molecule has 0 bridgehead atoms. The summed E-state index contributed by atoms with van der Waals surface area (Å²) in [4.78, 5) is 12.3. The van der Waals surface area contributed by atoms with Crippen LogP contribution in [-0.4, -0.2) is 38.4 Å². The Hall–Kier alpha value is -1.75. The lowest BCUT2D eigenvalue weighted by molar-refractivity contribution is 0.0718. The number of carbonyl (C=O) groups is 1. The van der Waals surface area contributed by atoms with Crippen molar-refractivity contribution in [2.75, 3.05) is 27.4 Å². The molecule has 5 nitrogen and oxygen atoms in total. The quantitative estimate of drug-likeness (QED) is 0.846. The van der Waals surface area contributed by atoms with Crippen LogP contribution in [0.4, 0.5) is 0 Å². The zero-order chi connectivity index (χ0) is 16.0. The molecule has 1 aromatic carbocycles. The van der Waals surface area contributed by atoms with E-state index in [4.69, 9.17) is 9.47 Å². The molecular weight excluding hydrogens is 282 g/mol. The Morgan fingerprint density at radius 1 is 1.18 bits per heavy atom.